The van der Waals surface area contributed by atoms with E-state index in [0.29, 0.717) is 47.7 Å². The molecule has 0 aromatic carbocycles. The highest BCUT2D eigenvalue weighted by Crippen LogP contribution is 2.27. The van der Waals surface area contributed by atoms with Crippen LogP contribution in [0.25, 0.3) is 0 Å². The number of piperidine rings is 1. The van der Waals surface area contributed by atoms with E-state index in [1.807, 2.05) is 110 Å². The van der Waals surface area contributed by atoms with Crippen LogP contribution in [-0.2, 0) is 19.2 Å². The van der Waals surface area contributed by atoms with Crippen LogP contribution >= 0.6 is 11.8 Å². The maximum absolute atomic E-state index is 11.9. The predicted octanol–water partition coefficient (Wildman–Crippen LogP) is 9.77. The van der Waals surface area contributed by atoms with Gasteiger partial charge in [0.25, 0.3) is 0 Å². The molecule has 58 heavy (non-hydrogen) atoms. The van der Waals surface area contributed by atoms with Crippen molar-refractivity contribution in [2.45, 2.75) is 221 Å². The van der Waals surface area contributed by atoms with Crippen LogP contribution in [0.15, 0.2) is 0 Å². The highest BCUT2D eigenvalue weighted by Gasteiger charge is 2.34. The first-order chi connectivity index (χ1) is 27.1. The molecule has 3 fully saturated rings. The third-order valence-electron chi connectivity index (χ3n) is 9.21. The van der Waals surface area contributed by atoms with E-state index in [4.69, 9.17) is 0 Å². The third-order valence-corrected chi connectivity index (χ3v) is 10.7. The second-order valence-corrected chi connectivity index (χ2v) is 17.7. The van der Waals surface area contributed by atoms with Crippen molar-refractivity contribution in [1.29, 1.82) is 0 Å². The fourth-order valence-corrected chi connectivity index (χ4v) is 7.31. The van der Waals surface area contributed by atoms with Crippen molar-refractivity contribution in [2.75, 3.05) is 31.9 Å². The number of nitrogens with one attached hydrogen (secondary N) is 2. The van der Waals surface area contributed by atoms with Gasteiger partial charge in [0.05, 0.1) is 11.3 Å². The first-order valence-electron chi connectivity index (χ1n) is 23.3. The summed E-state index contributed by atoms with van der Waals surface area (Å²) in [6, 6.07) is 1.17. The lowest BCUT2D eigenvalue weighted by Crippen LogP contribution is -2.58. The van der Waals surface area contributed by atoms with Crippen molar-refractivity contribution in [1.82, 2.24) is 25.3 Å². The Morgan fingerprint density at radius 2 is 1.05 bits per heavy atom. The molecule has 0 aromatic heterocycles. The Hall–Kier alpha value is -1.85. The van der Waals surface area contributed by atoms with E-state index in [1.165, 1.54) is 6.42 Å². The lowest BCUT2D eigenvalue weighted by Gasteiger charge is -2.37. The number of hydrogen-bond acceptors (Lipinski definition) is 7. The van der Waals surface area contributed by atoms with Crippen LogP contribution in [0.4, 0.5) is 0 Å². The van der Waals surface area contributed by atoms with Gasteiger partial charge in [-0.25, -0.2) is 0 Å². The molecule has 0 bridgehead atoms. The average molecular weight is 848 g/mol. The number of nitrogens with zero attached hydrogens (tertiary/aromatic N) is 3. The number of carbonyl (C=O) groups is 4. The normalized spacial score (nSPS) is 19.6. The molecule has 11 heteroatoms. The molecule has 3 aliphatic rings. The number of rotatable bonds is 9. The number of aliphatic hydroxyl groups is 1. The molecule has 10 nitrogen and oxygen atoms in total. The highest BCUT2D eigenvalue weighted by atomic mass is 32.2. The summed E-state index contributed by atoms with van der Waals surface area (Å²) in [7, 11) is 0. The number of carbonyl (C=O) groups excluding carboxylic acids is 4. The van der Waals surface area contributed by atoms with Crippen LogP contribution in [-0.4, -0.2) is 117 Å². The minimum absolute atomic E-state index is 0.0197. The zero-order chi connectivity index (χ0) is 47.0. The van der Waals surface area contributed by atoms with Crippen molar-refractivity contribution >= 4 is 35.4 Å². The van der Waals surface area contributed by atoms with E-state index in [2.05, 4.69) is 93.7 Å². The molecule has 0 saturated carbocycles. The zero-order valence-electron chi connectivity index (χ0n) is 42.7. The van der Waals surface area contributed by atoms with Gasteiger partial charge in [0.2, 0.25) is 23.6 Å². The number of piperazine rings is 1. The van der Waals surface area contributed by atoms with Crippen molar-refractivity contribution in [3.8, 4) is 0 Å². The Bertz CT molecular complexity index is 866. The standard InChI is InChI=1S/C11H21NO.C10H20N2O.C10H19NOS.C8H17NO2.4C2H6/c1-8(2)10-6-5-7-12(9(3)4)11(10)13;1-7(2)9-10(13)12(8(3)4)6-5-11-9;1-7(2)9-10(12)11(8(3)4)5-6-13-9;1-5(2)7(10)8(11)9-6(3)4;4*1-2/h8-10H,5-7H2,1-4H3;7-9,11H,5-6H2,1-4H3;7-9H,5-6H2,1-4H3;5-7,10H,1-4H3,(H,9,11);4*1-2H3. The summed E-state index contributed by atoms with van der Waals surface area (Å²) in [5.41, 5.74) is 0. The molecule has 350 valence electrons. The predicted molar refractivity (Wildman–Crippen MR) is 255 cm³/mol. The topological polar surface area (TPSA) is 122 Å². The summed E-state index contributed by atoms with van der Waals surface area (Å²) in [6.07, 6.45) is 1.38. The SMILES string of the molecule is CC.CC.CC.CC.CC(C)C1CCCN(C(C)C)C1=O.CC(C)C1NCCN(C(C)C)C1=O.CC(C)C1SCCN(C(C)C)C1=O.CC(C)NC(=O)C(O)C(C)C. The lowest BCUT2D eigenvalue weighted by atomic mass is 9.86. The number of likely N-dealkylation sites (tertiary alicyclic amines) is 1. The van der Waals surface area contributed by atoms with Gasteiger partial charge in [-0.1, -0.05) is 111 Å². The number of hydrogen-bond donors (Lipinski definition) is 3. The highest BCUT2D eigenvalue weighted by molar-refractivity contribution is 8.00. The molecule has 4 unspecified atom stereocenters. The molecule has 3 N–H and O–H groups in total. The first-order valence-corrected chi connectivity index (χ1v) is 24.4. The Morgan fingerprint density at radius 1 is 0.621 bits per heavy atom. The van der Waals surface area contributed by atoms with E-state index in [-0.39, 0.29) is 41.0 Å². The van der Waals surface area contributed by atoms with E-state index in [0.717, 1.165) is 38.4 Å². The molecule has 0 radical (unpaired) electrons. The molecule has 0 aliphatic carbocycles. The van der Waals surface area contributed by atoms with Crippen molar-refractivity contribution in [3.05, 3.63) is 0 Å². The van der Waals surface area contributed by atoms with Crippen LogP contribution < -0.4 is 10.6 Å². The molecule has 0 spiro atoms. The Balaban J connectivity index is -0.000000203. The maximum Gasteiger partial charge on any atom is 0.249 e. The summed E-state index contributed by atoms with van der Waals surface area (Å²) < 4.78 is 0. The average Bonchev–Trinajstić information content (AvgIpc) is 3.17. The van der Waals surface area contributed by atoms with Gasteiger partial charge in [-0.05, 0) is 91.9 Å². The summed E-state index contributed by atoms with van der Waals surface area (Å²) >= 11 is 1.81. The summed E-state index contributed by atoms with van der Waals surface area (Å²) in [4.78, 5) is 52.7. The zero-order valence-corrected chi connectivity index (χ0v) is 43.5. The van der Waals surface area contributed by atoms with Crippen LogP contribution in [0, 0.1) is 29.6 Å². The number of aliphatic hydroxyl groups excluding tert-OH is 1. The first kappa shape index (κ1) is 65.3. The van der Waals surface area contributed by atoms with Crippen LogP contribution in [0.2, 0.25) is 0 Å². The van der Waals surface area contributed by atoms with Crippen molar-refractivity contribution in [3.63, 3.8) is 0 Å². The minimum Gasteiger partial charge on any atom is -0.383 e. The molecular formula is C47H101N5O5S. The molecule has 3 rings (SSSR count). The smallest absolute Gasteiger partial charge is 0.249 e. The Kier molecular flexibility index (Phi) is 42.9. The monoisotopic (exact) mass is 848 g/mol. The molecule has 3 aliphatic heterocycles. The second-order valence-electron chi connectivity index (χ2n) is 16.4. The Morgan fingerprint density at radius 3 is 1.41 bits per heavy atom. The van der Waals surface area contributed by atoms with E-state index < -0.39 is 6.10 Å². The van der Waals surface area contributed by atoms with E-state index in [9.17, 15) is 24.3 Å². The molecule has 4 atom stereocenters. The van der Waals surface area contributed by atoms with Gasteiger partial charge in [-0.15, -0.1) is 11.8 Å². The maximum atomic E-state index is 11.9. The fourth-order valence-electron chi connectivity index (χ4n) is 6.10. The molecule has 4 amide bonds. The van der Waals surface area contributed by atoms with Crippen molar-refractivity contribution < 1.29 is 24.3 Å². The summed E-state index contributed by atoms with van der Waals surface area (Å²) in [5.74, 6) is 3.36. The Labute approximate surface area is 365 Å². The van der Waals surface area contributed by atoms with Gasteiger partial charge in [0.15, 0.2) is 0 Å². The van der Waals surface area contributed by atoms with Crippen LogP contribution in [0.5, 0.6) is 0 Å². The van der Waals surface area contributed by atoms with E-state index >= 15 is 0 Å². The van der Waals surface area contributed by atoms with E-state index in [1.54, 1.807) is 0 Å². The molecule has 3 heterocycles. The molecule has 3 saturated heterocycles. The van der Waals surface area contributed by atoms with Crippen LogP contribution in [0.1, 0.15) is 179 Å². The number of thioether (sulfide) groups is 1. The van der Waals surface area contributed by atoms with Gasteiger partial charge in [0.1, 0.15) is 6.10 Å². The third kappa shape index (κ3) is 26.4. The van der Waals surface area contributed by atoms with Gasteiger partial charge in [-0.2, -0.15) is 0 Å². The van der Waals surface area contributed by atoms with Gasteiger partial charge >= 0.3 is 0 Å². The summed E-state index contributed by atoms with van der Waals surface area (Å²) in [6.45, 7) is 52.2. The molecular weight excluding hydrogens is 747 g/mol. The molecule has 0 aromatic rings. The van der Waals surface area contributed by atoms with Crippen LogP contribution in [0.3, 0.4) is 0 Å². The van der Waals surface area contributed by atoms with Gasteiger partial charge in [-0.3, -0.25) is 19.2 Å². The minimum atomic E-state index is -0.877. The second kappa shape index (κ2) is 38.1. The summed E-state index contributed by atoms with van der Waals surface area (Å²) in [5, 5.41) is 15.3. The van der Waals surface area contributed by atoms with Crippen molar-refractivity contribution in [2.24, 2.45) is 29.6 Å². The largest absolute Gasteiger partial charge is 0.383 e. The number of amides is 4. The lowest BCUT2D eigenvalue weighted by molar-refractivity contribution is -0.142. The van der Waals surface area contributed by atoms with Gasteiger partial charge < -0.3 is 30.4 Å². The van der Waals surface area contributed by atoms with Gasteiger partial charge in [0, 0.05) is 62.0 Å². The fraction of sp³-hybridized carbons (Fsp3) is 0.915. The quantitative estimate of drug-likeness (QED) is 0.211.